The number of nitrogens with one attached hydrogen (secondary N) is 1. The van der Waals surface area contributed by atoms with Gasteiger partial charge in [0.15, 0.2) is 5.82 Å². The largest absolute Gasteiger partial charge is 0.489 e. The topological polar surface area (TPSA) is 107 Å². The molecular formula is C24H26N6O3. The Kier molecular flexibility index (Phi) is 5.65. The van der Waals surface area contributed by atoms with Crippen LogP contribution in [0.15, 0.2) is 42.7 Å². The van der Waals surface area contributed by atoms with Crippen molar-refractivity contribution in [3.05, 3.63) is 59.9 Å². The summed E-state index contributed by atoms with van der Waals surface area (Å²) in [5.41, 5.74) is 4.62. The fourth-order valence-corrected chi connectivity index (χ4v) is 3.99. The van der Waals surface area contributed by atoms with Gasteiger partial charge in [0.2, 0.25) is 0 Å². The zero-order chi connectivity index (χ0) is 22.9. The third kappa shape index (κ3) is 4.64. The molecule has 5 rings (SSSR count). The number of aliphatic hydroxyl groups is 1. The summed E-state index contributed by atoms with van der Waals surface area (Å²) in [7, 11) is 0. The van der Waals surface area contributed by atoms with E-state index in [1.54, 1.807) is 6.20 Å². The molecule has 1 saturated heterocycles. The van der Waals surface area contributed by atoms with Crippen molar-refractivity contribution < 1.29 is 14.6 Å². The molecule has 33 heavy (non-hydrogen) atoms. The summed E-state index contributed by atoms with van der Waals surface area (Å²) < 4.78 is 13.4. The summed E-state index contributed by atoms with van der Waals surface area (Å²) in [4.78, 5) is 13.1. The molecule has 0 aliphatic carbocycles. The van der Waals surface area contributed by atoms with Crippen LogP contribution >= 0.6 is 0 Å². The lowest BCUT2D eigenvalue weighted by atomic mass is 10.1. The number of rotatable bonds is 6. The maximum atomic E-state index is 10.0. The van der Waals surface area contributed by atoms with Gasteiger partial charge in [0.1, 0.15) is 30.1 Å². The summed E-state index contributed by atoms with van der Waals surface area (Å²) in [5, 5.41) is 17.9. The molecule has 0 bridgehead atoms. The van der Waals surface area contributed by atoms with Gasteiger partial charge in [0.05, 0.1) is 17.8 Å². The highest BCUT2D eigenvalue weighted by atomic mass is 16.5. The van der Waals surface area contributed by atoms with Gasteiger partial charge in [-0.2, -0.15) is 5.10 Å². The van der Waals surface area contributed by atoms with Crippen LogP contribution in [0.1, 0.15) is 23.6 Å². The number of hydrogen-bond acceptors (Lipinski definition) is 8. The molecule has 4 aromatic rings. The van der Waals surface area contributed by atoms with E-state index in [0.717, 1.165) is 28.0 Å². The zero-order valence-electron chi connectivity index (χ0n) is 18.8. The van der Waals surface area contributed by atoms with Gasteiger partial charge >= 0.3 is 0 Å². The second-order valence-electron chi connectivity index (χ2n) is 8.28. The molecule has 1 aliphatic heterocycles. The lowest BCUT2D eigenvalue weighted by Gasteiger charge is -2.17. The van der Waals surface area contributed by atoms with Gasteiger partial charge in [-0.05, 0) is 51.0 Å². The summed E-state index contributed by atoms with van der Waals surface area (Å²) in [5.74, 6) is 2.76. The summed E-state index contributed by atoms with van der Waals surface area (Å²) >= 11 is 0. The molecule has 9 heteroatoms. The van der Waals surface area contributed by atoms with Gasteiger partial charge < -0.3 is 19.9 Å². The van der Waals surface area contributed by atoms with Crippen molar-refractivity contribution in [2.45, 2.75) is 39.4 Å². The Morgan fingerprint density at radius 2 is 2.00 bits per heavy atom. The second kappa shape index (κ2) is 8.76. The molecule has 1 aliphatic rings. The number of nitrogens with zero attached hydrogens (tertiary/aromatic N) is 5. The Morgan fingerprint density at radius 1 is 1.12 bits per heavy atom. The lowest BCUT2D eigenvalue weighted by Crippen LogP contribution is -2.28. The van der Waals surface area contributed by atoms with E-state index >= 15 is 0 Å². The molecular weight excluding hydrogens is 420 g/mol. The maximum absolute atomic E-state index is 10.0. The highest BCUT2D eigenvalue weighted by molar-refractivity contribution is 5.75. The molecule has 0 amide bonds. The van der Waals surface area contributed by atoms with Crippen molar-refractivity contribution >= 4 is 17.2 Å². The van der Waals surface area contributed by atoms with Crippen LogP contribution in [0, 0.1) is 20.8 Å². The molecule has 2 atom stereocenters. The van der Waals surface area contributed by atoms with E-state index in [9.17, 15) is 5.11 Å². The molecule has 0 aromatic carbocycles. The number of aromatic nitrogens is 5. The molecule has 2 N–H and O–H groups in total. The Labute approximate surface area is 191 Å². The molecule has 170 valence electrons. The second-order valence-corrected chi connectivity index (χ2v) is 8.28. The first-order valence-electron chi connectivity index (χ1n) is 10.9. The van der Waals surface area contributed by atoms with Gasteiger partial charge in [0, 0.05) is 41.9 Å². The van der Waals surface area contributed by atoms with Crippen LogP contribution in [0.5, 0.6) is 5.75 Å². The third-order valence-corrected chi connectivity index (χ3v) is 5.58. The molecule has 5 heterocycles. The van der Waals surface area contributed by atoms with Gasteiger partial charge in [-0.15, -0.1) is 0 Å². The lowest BCUT2D eigenvalue weighted by molar-refractivity contribution is 0.0110. The summed E-state index contributed by atoms with van der Waals surface area (Å²) in [6.45, 7) is 6.58. The van der Waals surface area contributed by atoms with Crippen molar-refractivity contribution in [2.24, 2.45) is 0 Å². The van der Waals surface area contributed by atoms with Gasteiger partial charge in [-0.25, -0.2) is 14.5 Å². The van der Waals surface area contributed by atoms with Crippen molar-refractivity contribution in [1.29, 1.82) is 0 Å². The fourth-order valence-electron chi connectivity index (χ4n) is 3.99. The number of anilines is 2. The number of aryl methyl sites for hydroxylation is 3. The SMILES string of the molecule is Cc1cc(-c2ccn3nc(Nc4cc(C)nc(C)n4)cc3c2)c(OC[C@H]2OCC[C@@H]2O)cn1. The van der Waals surface area contributed by atoms with E-state index in [1.165, 1.54) is 0 Å². The molecule has 1 fully saturated rings. The van der Waals surface area contributed by atoms with Crippen molar-refractivity contribution in [3.8, 4) is 16.9 Å². The number of aliphatic hydroxyl groups excluding tert-OH is 1. The quantitative estimate of drug-likeness (QED) is 0.464. The summed E-state index contributed by atoms with van der Waals surface area (Å²) in [6, 6.07) is 9.89. The van der Waals surface area contributed by atoms with Gasteiger partial charge in [-0.1, -0.05) is 0 Å². The van der Waals surface area contributed by atoms with Gasteiger partial charge in [-0.3, -0.25) is 4.98 Å². The van der Waals surface area contributed by atoms with Crippen LogP contribution in [-0.2, 0) is 4.74 Å². The normalized spacial score (nSPS) is 18.1. The third-order valence-electron chi connectivity index (χ3n) is 5.58. The van der Waals surface area contributed by atoms with Gasteiger partial charge in [0.25, 0.3) is 0 Å². The Hall–Kier alpha value is -3.56. The van der Waals surface area contributed by atoms with Crippen molar-refractivity contribution in [1.82, 2.24) is 24.6 Å². The maximum Gasteiger partial charge on any atom is 0.154 e. The first kappa shape index (κ1) is 21.3. The number of hydrogen-bond donors (Lipinski definition) is 2. The predicted octanol–water partition coefficient (Wildman–Crippen LogP) is 3.38. The Morgan fingerprint density at radius 3 is 2.79 bits per heavy atom. The van der Waals surface area contributed by atoms with Crippen LogP contribution < -0.4 is 10.1 Å². The molecule has 0 spiro atoms. The fraction of sp³-hybridized carbons (Fsp3) is 0.333. The zero-order valence-corrected chi connectivity index (χ0v) is 18.8. The van der Waals surface area contributed by atoms with Crippen LogP contribution in [0.4, 0.5) is 11.6 Å². The first-order valence-corrected chi connectivity index (χ1v) is 10.9. The molecule has 4 aromatic heterocycles. The highest BCUT2D eigenvalue weighted by Gasteiger charge is 2.27. The van der Waals surface area contributed by atoms with Crippen molar-refractivity contribution in [3.63, 3.8) is 0 Å². The number of fused-ring (bicyclic) bond motifs is 1. The van der Waals surface area contributed by atoms with Crippen LogP contribution in [0.25, 0.3) is 16.6 Å². The predicted molar refractivity (Wildman–Crippen MR) is 124 cm³/mol. The first-order chi connectivity index (χ1) is 15.9. The van der Waals surface area contributed by atoms with Crippen LogP contribution in [-0.4, -0.2) is 55.1 Å². The summed E-state index contributed by atoms with van der Waals surface area (Å²) in [6.07, 6.45) is 3.45. The van der Waals surface area contributed by atoms with E-state index in [0.29, 0.717) is 36.2 Å². The van der Waals surface area contributed by atoms with E-state index in [-0.39, 0.29) is 12.7 Å². The smallest absolute Gasteiger partial charge is 0.154 e. The van der Waals surface area contributed by atoms with E-state index in [2.05, 4.69) is 31.4 Å². The van der Waals surface area contributed by atoms with E-state index < -0.39 is 6.10 Å². The molecule has 9 nitrogen and oxygen atoms in total. The van der Waals surface area contributed by atoms with E-state index in [4.69, 9.17) is 9.47 Å². The molecule has 0 radical (unpaired) electrons. The van der Waals surface area contributed by atoms with Crippen LogP contribution in [0.2, 0.25) is 0 Å². The monoisotopic (exact) mass is 446 g/mol. The average Bonchev–Trinajstić information content (AvgIpc) is 3.36. The highest BCUT2D eigenvalue weighted by Crippen LogP contribution is 2.32. The average molecular weight is 447 g/mol. The standard InChI is InChI=1S/C24H26N6O3/c1-14-8-19(21(12-25-14)33-13-22-20(31)5-7-32-22)17-4-6-30-18(10-17)11-24(29-30)28-23-9-15(2)26-16(3)27-23/h4,6,8-12,20,22,31H,5,7,13H2,1-3H3,(H,26,27,28,29)/t20-,22+/m0/s1. The number of ether oxygens (including phenoxy) is 2. The minimum Gasteiger partial charge on any atom is -0.489 e. The Bertz CT molecular complexity index is 1280. The molecule has 0 saturated carbocycles. The number of pyridine rings is 2. The Balaban J connectivity index is 1.42. The minimum atomic E-state index is -0.497. The van der Waals surface area contributed by atoms with Crippen molar-refractivity contribution in [2.75, 3.05) is 18.5 Å². The van der Waals surface area contributed by atoms with E-state index in [1.807, 2.05) is 55.7 Å². The van der Waals surface area contributed by atoms with Crippen LogP contribution in [0.3, 0.4) is 0 Å². The minimum absolute atomic E-state index is 0.277. The molecule has 0 unspecified atom stereocenters.